The zero-order valence-electron chi connectivity index (χ0n) is 5.00. The first-order valence-corrected chi connectivity index (χ1v) is 5.15. The predicted octanol–water partition coefficient (Wildman–Crippen LogP) is 1.92. The minimum absolute atomic E-state index is 0.0350. The van der Waals surface area contributed by atoms with Crippen LogP contribution in [0.2, 0.25) is 0 Å². The Morgan fingerprint density at radius 1 is 1.38 bits per heavy atom. The van der Waals surface area contributed by atoms with Gasteiger partial charge in [0.25, 0.3) is 0 Å². The Kier molecular flexibility index (Phi) is 7.02. The molecule has 0 N–H and O–H groups in total. The minimum atomic E-state index is 0.0350. The van der Waals surface area contributed by atoms with E-state index < -0.39 is 0 Å². The van der Waals surface area contributed by atoms with Gasteiger partial charge in [-0.3, -0.25) is 0 Å². The average molecular weight is 222 g/mol. The van der Waals surface area contributed by atoms with Crippen LogP contribution in [0.25, 0.3) is 0 Å². The van der Waals surface area contributed by atoms with Gasteiger partial charge in [0.15, 0.2) is 0 Å². The van der Waals surface area contributed by atoms with E-state index >= 15 is 0 Å². The second kappa shape index (κ2) is 7.01. The van der Waals surface area contributed by atoms with Crippen LogP contribution in [0.1, 0.15) is 6.92 Å². The third kappa shape index (κ3) is 6.01. The van der Waals surface area contributed by atoms with Crippen LogP contribution in [0.3, 0.4) is 0 Å². The van der Waals surface area contributed by atoms with E-state index in [-0.39, 0.29) is 20.9 Å². The molecule has 0 rings (SSSR count). The number of hydrogen-bond acceptors (Lipinski definition) is 0. The molecule has 8 heavy (non-hydrogen) atoms. The summed E-state index contributed by atoms with van der Waals surface area (Å²) >= 11 is 0.0350. The molecule has 0 aromatic carbocycles. The molecule has 0 nitrogen and oxygen atoms in total. The van der Waals surface area contributed by atoms with Crippen LogP contribution in [0.15, 0.2) is 33.1 Å². The summed E-state index contributed by atoms with van der Waals surface area (Å²) in [6, 6.07) is 0. The van der Waals surface area contributed by atoms with Crippen LogP contribution in [-0.4, -0.2) is 20.9 Å². The van der Waals surface area contributed by atoms with E-state index in [0.717, 1.165) is 0 Å². The number of hydrogen-bond donors (Lipinski definition) is 0. The first kappa shape index (κ1) is 8.01. The van der Waals surface area contributed by atoms with E-state index in [9.17, 15) is 0 Å². The Hall–Kier alpha value is 0.00961. The van der Waals surface area contributed by atoms with Gasteiger partial charge in [-0.2, -0.15) is 0 Å². The van der Waals surface area contributed by atoms with Gasteiger partial charge in [0.2, 0.25) is 0 Å². The first-order chi connectivity index (χ1) is 3.91. The van der Waals surface area contributed by atoms with Crippen molar-refractivity contribution in [3.05, 3.63) is 33.1 Å². The molecule has 0 saturated heterocycles. The van der Waals surface area contributed by atoms with Gasteiger partial charge in [-0.1, -0.05) is 0 Å². The zero-order chi connectivity index (χ0) is 6.24. The third-order valence-electron chi connectivity index (χ3n) is 0.508. The Labute approximate surface area is 61.1 Å². The summed E-state index contributed by atoms with van der Waals surface area (Å²) in [5, 5.41) is 0. The van der Waals surface area contributed by atoms with Gasteiger partial charge >= 0.3 is 60.9 Å². The fraction of sp³-hybridized carbons (Fsp3) is 0.143. The van der Waals surface area contributed by atoms with Crippen molar-refractivity contribution >= 4 is 20.9 Å². The van der Waals surface area contributed by atoms with Gasteiger partial charge in [-0.25, -0.2) is 0 Å². The molecule has 0 atom stereocenters. The summed E-state index contributed by atoms with van der Waals surface area (Å²) in [7, 11) is 0. The Morgan fingerprint density at radius 3 is 2.62 bits per heavy atom. The van der Waals surface area contributed by atoms with Crippen molar-refractivity contribution in [2.24, 2.45) is 0 Å². The third-order valence-corrected chi connectivity index (χ3v) is 2.63. The predicted molar refractivity (Wildman–Crippen MR) is 39.9 cm³/mol. The molecule has 0 amide bonds. The van der Waals surface area contributed by atoms with E-state index in [1.54, 1.807) is 0 Å². The van der Waals surface area contributed by atoms with E-state index in [0.29, 0.717) is 0 Å². The summed E-state index contributed by atoms with van der Waals surface area (Å²) in [5.41, 5.74) is 0. The second-order valence-electron chi connectivity index (χ2n) is 1.17. The molecule has 0 unspecified atom stereocenters. The maximum absolute atomic E-state index is 3.57. The summed E-state index contributed by atoms with van der Waals surface area (Å²) < 4.78 is 4.42. The average Bonchev–Trinajstić information content (AvgIpc) is 1.81. The van der Waals surface area contributed by atoms with E-state index in [1.807, 2.05) is 19.1 Å². The Morgan fingerprint density at radius 2 is 2.12 bits per heavy atom. The molecule has 0 spiro atoms. The summed E-state index contributed by atoms with van der Waals surface area (Å²) in [5.74, 6) is 0. The van der Waals surface area contributed by atoms with Crippen LogP contribution in [0.4, 0.5) is 0 Å². The van der Waals surface area contributed by atoms with Gasteiger partial charge in [0, 0.05) is 0 Å². The van der Waals surface area contributed by atoms with Crippen molar-refractivity contribution in [1.82, 2.24) is 0 Å². The van der Waals surface area contributed by atoms with Crippen molar-refractivity contribution in [3.63, 3.8) is 0 Å². The number of rotatable bonds is 3. The van der Waals surface area contributed by atoms with Crippen LogP contribution >= 0.6 is 0 Å². The summed E-state index contributed by atoms with van der Waals surface area (Å²) in [6.07, 6.45) is 5.91. The summed E-state index contributed by atoms with van der Waals surface area (Å²) in [4.78, 5) is 0. The maximum atomic E-state index is 3.57. The molecular weight excluding hydrogens is 212 g/mol. The first-order valence-electron chi connectivity index (χ1n) is 2.46. The molecule has 1 heteroatoms. The van der Waals surface area contributed by atoms with Gasteiger partial charge in [-0.05, 0) is 0 Å². The van der Waals surface area contributed by atoms with Gasteiger partial charge in [0.05, 0.1) is 0 Å². The monoisotopic (exact) mass is 224 g/mol. The van der Waals surface area contributed by atoms with Crippen molar-refractivity contribution in [2.45, 2.75) is 6.92 Å². The van der Waals surface area contributed by atoms with E-state index in [4.69, 9.17) is 0 Å². The Balaban J connectivity index is 3.15. The molecule has 0 bridgehead atoms. The molecule has 0 aliphatic rings. The Bertz CT molecular complexity index is 101. The molecule has 0 aromatic heterocycles. The van der Waals surface area contributed by atoms with Gasteiger partial charge in [0.1, 0.15) is 0 Å². The van der Waals surface area contributed by atoms with Crippen LogP contribution < -0.4 is 0 Å². The van der Waals surface area contributed by atoms with Gasteiger partial charge in [-0.15, -0.1) is 0 Å². The van der Waals surface area contributed by atoms with Crippen molar-refractivity contribution in [1.29, 1.82) is 0 Å². The number of allylic oxidation sites excluding steroid dienone is 3. The summed E-state index contributed by atoms with van der Waals surface area (Å²) in [6.45, 7) is 5.62. The molecule has 44 valence electrons. The topological polar surface area (TPSA) is 0 Å². The van der Waals surface area contributed by atoms with Crippen molar-refractivity contribution < 1.29 is 0 Å². The fourth-order valence-electron chi connectivity index (χ4n) is 0.225. The molecule has 0 aliphatic carbocycles. The molecule has 0 fully saturated rings. The second-order valence-corrected chi connectivity index (χ2v) is 3.50. The molecule has 0 heterocycles. The van der Waals surface area contributed by atoms with Gasteiger partial charge < -0.3 is 0 Å². The molecule has 0 saturated carbocycles. The SMILES string of the molecule is C=C/C=C/[Te]/C=C/C. The normalized spacial score (nSPS) is 11.1. The van der Waals surface area contributed by atoms with E-state index in [2.05, 4.69) is 20.9 Å². The van der Waals surface area contributed by atoms with E-state index in [1.165, 1.54) is 0 Å². The van der Waals surface area contributed by atoms with Crippen LogP contribution in [0, 0.1) is 0 Å². The molecule has 0 aromatic rings. The van der Waals surface area contributed by atoms with Crippen molar-refractivity contribution in [2.75, 3.05) is 0 Å². The van der Waals surface area contributed by atoms with Crippen LogP contribution in [-0.2, 0) is 0 Å². The zero-order valence-corrected chi connectivity index (χ0v) is 7.33. The molecular formula is C7H10Te. The quantitative estimate of drug-likeness (QED) is 0.505. The van der Waals surface area contributed by atoms with Crippen LogP contribution in [0.5, 0.6) is 0 Å². The molecule has 0 radical (unpaired) electrons. The standard InChI is InChI=1S/C7H10Te/c1-3-5-7-8-6-4-2/h3-7H,1H2,2H3/b6-4+,7-5+. The molecule has 0 aliphatic heterocycles. The fourth-order valence-corrected chi connectivity index (χ4v) is 1.51. The van der Waals surface area contributed by atoms with Crippen molar-refractivity contribution in [3.8, 4) is 0 Å².